The molecule has 0 atom stereocenters. The number of nitrogens with one attached hydrogen (secondary N) is 2. The summed E-state index contributed by atoms with van der Waals surface area (Å²) in [6.07, 6.45) is 11.8. The molecular formula is C36H70N6O6Si6. The molecule has 1 heterocycles. The highest BCUT2D eigenvalue weighted by atomic mass is 28.5. The number of amides is 2. The summed E-state index contributed by atoms with van der Waals surface area (Å²) in [7, 11) is -11.9. The molecule has 1 aliphatic heterocycles. The molecule has 18 heteroatoms. The van der Waals surface area contributed by atoms with Crippen LogP contribution in [0.4, 0.5) is 0 Å². The van der Waals surface area contributed by atoms with Gasteiger partial charge in [-0.05, 0) is 153 Å². The maximum absolute atomic E-state index is 12.7. The van der Waals surface area contributed by atoms with Crippen molar-refractivity contribution in [2.24, 2.45) is 0 Å². The zero-order valence-corrected chi connectivity index (χ0v) is 41.8. The summed E-state index contributed by atoms with van der Waals surface area (Å²) in [6.45, 7) is 34.2. The van der Waals surface area contributed by atoms with Crippen LogP contribution in [0.1, 0.15) is 12.8 Å². The summed E-state index contributed by atoms with van der Waals surface area (Å²) in [5.41, 5.74) is 0.113. The van der Waals surface area contributed by atoms with Crippen molar-refractivity contribution in [3.63, 3.8) is 0 Å². The van der Waals surface area contributed by atoms with E-state index < -0.39 is 50.4 Å². The molecule has 12 nitrogen and oxygen atoms in total. The molecule has 0 aliphatic carbocycles. The van der Waals surface area contributed by atoms with Gasteiger partial charge in [-0.2, -0.15) is 10.5 Å². The molecule has 0 aromatic heterocycles. The second kappa shape index (κ2) is 21.8. The molecule has 2 N–H and O–H groups in total. The maximum Gasteiger partial charge on any atom is 0.314 e. The first-order valence-corrected chi connectivity index (χ1v) is 37.8. The summed E-state index contributed by atoms with van der Waals surface area (Å²) in [5.74, 6) is -0.778. The monoisotopic (exact) mass is 850 g/mol. The van der Waals surface area contributed by atoms with E-state index in [0.717, 1.165) is 51.1 Å². The average Bonchev–Trinajstić information content (AvgIpc) is 2.98. The molecule has 1 saturated heterocycles. The summed E-state index contributed by atoms with van der Waals surface area (Å²) in [6, 6.07) is 5.60. The highest BCUT2D eigenvalue weighted by Crippen LogP contribution is 2.26. The van der Waals surface area contributed by atoms with E-state index in [4.69, 9.17) is 16.5 Å². The van der Waals surface area contributed by atoms with E-state index in [1.807, 2.05) is 24.5 Å². The van der Waals surface area contributed by atoms with E-state index in [0.29, 0.717) is 13.1 Å². The van der Waals surface area contributed by atoms with Crippen molar-refractivity contribution >= 4 is 62.2 Å². The molecule has 0 aromatic carbocycles. The highest BCUT2D eigenvalue weighted by molar-refractivity contribution is 6.88. The second-order valence-electron chi connectivity index (χ2n) is 18.0. The molecule has 0 aromatic rings. The summed E-state index contributed by atoms with van der Waals surface area (Å²) >= 11 is 0. The molecule has 1 rings (SSSR count). The number of rotatable bonds is 22. The van der Waals surface area contributed by atoms with E-state index in [1.54, 1.807) is 24.3 Å². The smallest absolute Gasteiger partial charge is 0.314 e. The SMILES string of the molecule is C[Si](C)(C)O[Si](C)(CCCNC(=O)/C(C#N)=C/C=C/N1CCN(/C=C/C=C(\C#N)C(=O)NCCC[Si](C)(O[Si](C)(C)C)O[Si](C)(C)C)CC1)O[Si](C)(C)C. The van der Waals surface area contributed by atoms with Gasteiger partial charge in [-0.3, -0.25) is 9.59 Å². The van der Waals surface area contributed by atoms with Gasteiger partial charge in [0.25, 0.3) is 11.8 Å². The van der Waals surface area contributed by atoms with Crippen LogP contribution in [-0.2, 0) is 26.0 Å². The van der Waals surface area contributed by atoms with Gasteiger partial charge in [-0.15, -0.1) is 0 Å². The van der Waals surface area contributed by atoms with Gasteiger partial charge in [-0.1, -0.05) is 0 Å². The van der Waals surface area contributed by atoms with Crippen LogP contribution in [-0.4, -0.2) is 111 Å². The zero-order chi connectivity index (χ0) is 41.4. The third-order valence-electron chi connectivity index (χ3n) is 7.47. The molecule has 0 radical (unpaired) electrons. The first-order valence-electron chi connectivity index (χ1n) is 19.1. The fourth-order valence-corrected chi connectivity index (χ4v) is 31.2. The molecule has 2 amide bonds. The summed E-state index contributed by atoms with van der Waals surface area (Å²) < 4.78 is 26.2. The number of nitriles is 2. The fraction of sp³-hybridized carbons (Fsp3) is 0.667. The first kappa shape index (κ1) is 49.6. The maximum atomic E-state index is 12.7. The average molecular weight is 852 g/mol. The Hall–Kier alpha value is -2.38. The van der Waals surface area contributed by atoms with Gasteiger partial charge >= 0.3 is 17.1 Å². The zero-order valence-electron chi connectivity index (χ0n) is 35.8. The van der Waals surface area contributed by atoms with Crippen LogP contribution < -0.4 is 10.6 Å². The summed E-state index contributed by atoms with van der Waals surface area (Å²) in [5, 5.41) is 25.0. The topological polar surface area (TPSA) is 149 Å². The Labute approximate surface area is 333 Å². The third-order valence-corrected chi connectivity index (χ3v) is 26.7. The number of carbonyl (C=O) groups is 2. The fourth-order valence-electron chi connectivity index (χ4n) is 6.13. The van der Waals surface area contributed by atoms with Crippen molar-refractivity contribution in [2.75, 3.05) is 39.3 Å². The lowest BCUT2D eigenvalue weighted by molar-refractivity contribution is -0.117. The number of piperazine rings is 1. The third kappa shape index (κ3) is 22.9. The molecule has 0 unspecified atom stereocenters. The molecular weight excluding hydrogens is 781 g/mol. The first-order chi connectivity index (χ1) is 24.7. The Morgan fingerprint density at radius 3 is 1.07 bits per heavy atom. The van der Waals surface area contributed by atoms with Crippen molar-refractivity contribution in [1.82, 2.24) is 20.4 Å². The van der Waals surface area contributed by atoms with E-state index in [1.165, 1.54) is 0 Å². The van der Waals surface area contributed by atoms with Gasteiger partial charge < -0.3 is 36.9 Å². The quantitative estimate of drug-likeness (QED) is 0.0380. The van der Waals surface area contributed by atoms with Crippen LogP contribution in [0, 0.1) is 22.7 Å². The van der Waals surface area contributed by atoms with Crippen LogP contribution in [0.2, 0.25) is 104 Å². The number of nitrogens with zero attached hydrogens (tertiary/aromatic N) is 4. The van der Waals surface area contributed by atoms with E-state index in [9.17, 15) is 20.1 Å². The van der Waals surface area contributed by atoms with Crippen LogP contribution in [0.3, 0.4) is 0 Å². The lowest BCUT2D eigenvalue weighted by Gasteiger charge is -2.38. The van der Waals surface area contributed by atoms with Crippen molar-refractivity contribution in [2.45, 2.75) is 117 Å². The van der Waals surface area contributed by atoms with Gasteiger partial charge in [0.1, 0.15) is 23.3 Å². The van der Waals surface area contributed by atoms with Crippen LogP contribution in [0.15, 0.2) is 47.9 Å². The normalized spacial score (nSPS) is 15.8. The molecule has 304 valence electrons. The minimum absolute atomic E-state index is 0.0566. The van der Waals surface area contributed by atoms with E-state index in [2.05, 4.69) is 112 Å². The van der Waals surface area contributed by atoms with Crippen molar-refractivity contribution in [1.29, 1.82) is 10.5 Å². The molecule has 54 heavy (non-hydrogen) atoms. The number of carbonyl (C=O) groups excluding carboxylic acids is 2. The van der Waals surface area contributed by atoms with E-state index in [-0.39, 0.29) is 23.0 Å². The minimum Gasteiger partial charge on any atom is -0.437 e. The minimum atomic E-state index is -2.38. The number of hydrogen-bond donors (Lipinski definition) is 2. The molecule has 1 aliphatic rings. The van der Waals surface area contributed by atoms with Crippen LogP contribution in [0.5, 0.6) is 0 Å². The predicted octanol–water partition coefficient (Wildman–Crippen LogP) is 7.09. The van der Waals surface area contributed by atoms with Gasteiger partial charge in [0.15, 0.2) is 33.3 Å². The van der Waals surface area contributed by atoms with Crippen molar-refractivity contribution in [3.05, 3.63) is 47.9 Å². The largest absolute Gasteiger partial charge is 0.437 e. The van der Waals surface area contributed by atoms with Gasteiger partial charge in [-0.25, -0.2) is 0 Å². The van der Waals surface area contributed by atoms with E-state index >= 15 is 0 Å². The predicted molar refractivity (Wildman–Crippen MR) is 235 cm³/mol. The lowest BCUT2D eigenvalue weighted by Crippen LogP contribution is -2.52. The molecule has 1 fully saturated rings. The Kier molecular flexibility index (Phi) is 20.0. The Morgan fingerprint density at radius 2 is 0.833 bits per heavy atom. The Balaban J connectivity index is 2.59. The van der Waals surface area contributed by atoms with Crippen LogP contribution >= 0.6 is 0 Å². The van der Waals surface area contributed by atoms with Gasteiger partial charge in [0, 0.05) is 39.3 Å². The Bertz CT molecular complexity index is 1300. The van der Waals surface area contributed by atoms with Crippen molar-refractivity contribution in [3.8, 4) is 12.1 Å². The summed E-state index contributed by atoms with van der Waals surface area (Å²) in [4.78, 5) is 29.7. The molecule has 0 saturated carbocycles. The van der Waals surface area contributed by atoms with Crippen LogP contribution in [0.25, 0.3) is 0 Å². The number of hydrogen-bond acceptors (Lipinski definition) is 10. The Morgan fingerprint density at radius 1 is 0.556 bits per heavy atom. The molecule has 0 spiro atoms. The highest BCUT2D eigenvalue weighted by Gasteiger charge is 2.41. The van der Waals surface area contributed by atoms with Gasteiger partial charge in [0.2, 0.25) is 0 Å². The lowest BCUT2D eigenvalue weighted by atomic mass is 10.2. The standard InChI is InChI=1S/C36H70N6O6Si6/c1-49(2,3)45-53(13,46-50(4,5)6)29-17-21-39-35(43)33(31-37)19-15-23-41-25-27-42(28-26-41)24-16-20-34(32-38)36(44)40-22-18-30-54(14,47-51(7,8)9)48-52(10,11)12/h15-16,19-20,23-24H,17-18,21-22,25-30H2,1-14H3,(H,39,43)(H,40,44)/b23-15+,24-16+,33-19+,34-20+. The van der Waals surface area contributed by atoms with Gasteiger partial charge in [0.05, 0.1) is 0 Å². The van der Waals surface area contributed by atoms with Crippen molar-refractivity contribution < 1.29 is 26.0 Å². The number of allylic oxidation sites excluding steroid dienone is 4. The second-order valence-corrected chi connectivity index (χ2v) is 43.7. The molecule has 0 bridgehead atoms.